The second kappa shape index (κ2) is 8.64. The zero-order valence-electron chi connectivity index (χ0n) is 16.6. The van der Waals surface area contributed by atoms with Gasteiger partial charge in [0, 0.05) is 17.7 Å². The van der Waals surface area contributed by atoms with Crippen LogP contribution < -0.4 is 21.3 Å². The van der Waals surface area contributed by atoms with Crippen LogP contribution in [-0.4, -0.2) is 17.4 Å². The van der Waals surface area contributed by atoms with E-state index in [-0.39, 0.29) is 40.8 Å². The van der Waals surface area contributed by atoms with Crippen molar-refractivity contribution in [3.05, 3.63) is 75.8 Å². The molecule has 0 fully saturated rings. The molecule has 166 valence electrons. The minimum atomic E-state index is -1.03. The number of nitrogens with one attached hydrogen (secondary N) is 3. The first kappa shape index (κ1) is 21.8. The van der Waals surface area contributed by atoms with Gasteiger partial charge in [-0.25, -0.2) is 22.5 Å². The number of fused-ring (bicyclic) bond motifs is 1. The Morgan fingerprint density at radius 1 is 1.06 bits per heavy atom. The summed E-state index contributed by atoms with van der Waals surface area (Å²) in [5, 5.41) is 3.37. The maximum Gasteiger partial charge on any atom is 0.257 e. The molecule has 3 N–H and O–H groups in total. The van der Waals surface area contributed by atoms with Crippen LogP contribution in [0.4, 0.5) is 29.1 Å². The fourth-order valence-corrected chi connectivity index (χ4v) is 3.48. The van der Waals surface area contributed by atoms with Crippen molar-refractivity contribution >= 4 is 29.0 Å². The number of rotatable bonds is 5. The highest BCUT2D eigenvalue weighted by Crippen LogP contribution is 2.34. The van der Waals surface area contributed by atoms with E-state index in [0.29, 0.717) is 5.69 Å². The maximum absolute atomic E-state index is 14.5. The van der Waals surface area contributed by atoms with Gasteiger partial charge in [-0.1, -0.05) is 11.6 Å². The highest BCUT2D eigenvalue weighted by molar-refractivity contribution is 6.31. The zero-order valence-corrected chi connectivity index (χ0v) is 17.3. The lowest BCUT2D eigenvalue weighted by molar-refractivity contribution is 0.0947. The van der Waals surface area contributed by atoms with Crippen LogP contribution in [0.1, 0.15) is 22.8 Å². The van der Waals surface area contributed by atoms with Crippen LogP contribution in [0.2, 0.25) is 5.02 Å². The smallest absolute Gasteiger partial charge is 0.257 e. The van der Waals surface area contributed by atoms with Gasteiger partial charge >= 0.3 is 0 Å². The van der Waals surface area contributed by atoms with Gasteiger partial charge in [-0.3, -0.25) is 9.80 Å². The molecule has 0 saturated heterocycles. The lowest BCUT2D eigenvalue weighted by Crippen LogP contribution is -2.36. The molecule has 0 saturated carbocycles. The van der Waals surface area contributed by atoms with Crippen LogP contribution in [-0.2, 0) is 6.54 Å². The third-order valence-electron chi connectivity index (χ3n) is 4.81. The number of benzene rings is 2. The molecule has 0 unspecified atom stereocenters. The number of anilines is 2. The molecule has 4 rings (SSSR count). The second-order valence-electron chi connectivity index (χ2n) is 6.89. The molecule has 32 heavy (non-hydrogen) atoms. The van der Waals surface area contributed by atoms with Gasteiger partial charge in [0.25, 0.3) is 5.91 Å². The SMILES string of the molecule is CCNC(=O)c1c(F)cc(-c2ccc3c(n2)N(Cc2c(F)ccc(F)c2Cl)NN3)cc1F. The number of nitrogens with zero attached hydrogens (tertiary/aromatic N) is 2. The van der Waals surface area contributed by atoms with Crippen molar-refractivity contribution in [2.45, 2.75) is 13.5 Å². The van der Waals surface area contributed by atoms with Gasteiger partial charge in [0.2, 0.25) is 0 Å². The molecule has 1 aliphatic heterocycles. The number of hydrogen-bond acceptors (Lipinski definition) is 5. The molecular formula is C21H16ClF4N5O. The standard InChI is InChI=1S/C21H16ClF4N5O/c1-2-27-21(32)18-14(25)7-10(8-15(18)26)16-5-6-17-20(28-16)31(30-29-17)9-11-12(23)3-4-13(24)19(11)22/h3-8,29-30H,2,9H2,1H3,(H,27,32). The molecule has 1 amide bonds. The molecule has 1 aliphatic rings. The third-order valence-corrected chi connectivity index (χ3v) is 5.22. The van der Waals surface area contributed by atoms with E-state index in [4.69, 9.17) is 11.6 Å². The molecule has 0 spiro atoms. The number of amides is 1. The molecule has 0 aliphatic carbocycles. The molecule has 2 aromatic carbocycles. The van der Waals surface area contributed by atoms with Crippen LogP contribution in [0.15, 0.2) is 36.4 Å². The lowest BCUT2D eigenvalue weighted by Gasteiger charge is -2.19. The van der Waals surface area contributed by atoms with Gasteiger partial charge in [0.1, 0.15) is 28.8 Å². The lowest BCUT2D eigenvalue weighted by atomic mass is 10.1. The highest BCUT2D eigenvalue weighted by atomic mass is 35.5. The van der Waals surface area contributed by atoms with E-state index in [1.165, 1.54) is 11.1 Å². The van der Waals surface area contributed by atoms with E-state index in [1.807, 2.05) is 0 Å². The molecule has 6 nitrogen and oxygen atoms in total. The van der Waals surface area contributed by atoms with Gasteiger partial charge in [-0.05, 0) is 43.3 Å². The molecule has 0 atom stereocenters. The first-order valence-corrected chi connectivity index (χ1v) is 9.88. The summed E-state index contributed by atoms with van der Waals surface area (Å²) in [6.07, 6.45) is 0. The molecule has 0 bridgehead atoms. The zero-order chi connectivity index (χ0) is 23.0. The van der Waals surface area contributed by atoms with Gasteiger partial charge in [-0.2, -0.15) is 0 Å². The number of halogens is 5. The number of hydrogen-bond donors (Lipinski definition) is 3. The number of carbonyl (C=O) groups is 1. The van der Waals surface area contributed by atoms with Crippen molar-refractivity contribution in [1.82, 2.24) is 15.8 Å². The molecule has 2 heterocycles. The van der Waals surface area contributed by atoms with E-state index in [1.54, 1.807) is 13.0 Å². The molecule has 1 aromatic heterocycles. The maximum atomic E-state index is 14.5. The van der Waals surface area contributed by atoms with Crippen LogP contribution in [0.5, 0.6) is 0 Å². The van der Waals surface area contributed by atoms with Gasteiger partial charge in [-0.15, -0.1) is 5.53 Å². The third kappa shape index (κ3) is 3.94. The van der Waals surface area contributed by atoms with Crippen LogP contribution >= 0.6 is 11.6 Å². The summed E-state index contributed by atoms with van der Waals surface area (Å²) in [6, 6.07) is 7.02. The summed E-state index contributed by atoms with van der Waals surface area (Å²) in [5.41, 5.74) is 5.59. The van der Waals surface area contributed by atoms with Crippen LogP contribution in [0.25, 0.3) is 11.3 Å². The van der Waals surface area contributed by atoms with Crippen LogP contribution in [0, 0.1) is 23.3 Å². The first-order valence-electron chi connectivity index (χ1n) is 9.50. The van der Waals surface area contributed by atoms with Gasteiger partial charge < -0.3 is 10.7 Å². The Labute approximate surface area is 185 Å². The molecule has 3 aromatic rings. The second-order valence-corrected chi connectivity index (χ2v) is 7.26. The predicted molar refractivity (Wildman–Crippen MR) is 112 cm³/mol. The quantitative estimate of drug-likeness (QED) is 0.381. The Hall–Kier alpha value is -3.37. The number of aromatic nitrogens is 1. The van der Waals surface area contributed by atoms with E-state index < -0.39 is 34.7 Å². The average molecular weight is 466 g/mol. The van der Waals surface area contributed by atoms with Gasteiger partial charge in [0.05, 0.1) is 22.9 Å². The Kier molecular flexibility index (Phi) is 5.90. The Morgan fingerprint density at radius 3 is 2.44 bits per heavy atom. The van der Waals surface area contributed by atoms with Crippen molar-refractivity contribution in [3.63, 3.8) is 0 Å². The first-order chi connectivity index (χ1) is 15.3. The van der Waals surface area contributed by atoms with Crippen molar-refractivity contribution in [2.75, 3.05) is 17.0 Å². The normalized spacial score (nSPS) is 12.5. The minimum absolute atomic E-state index is 0.0931. The fraction of sp³-hybridized carbons (Fsp3) is 0.143. The van der Waals surface area contributed by atoms with Crippen molar-refractivity contribution in [3.8, 4) is 11.3 Å². The summed E-state index contributed by atoms with van der Waals surface area (Å²) >= 11 is 5.90. The monoisotopic (exact) mass is 465 g/mol. The summed E-state index contributed by atoms with van der Waals surface area (Å²) in [6.45, 7) is 1.67. The van der Waals surface area contributed by atoms with E-state index in [9.17, 15) is 22.4 Å². The van der Waals surface area contributed by atoms with E-state index >= 15 is 0 Å². The molecule has 11 heteroatoms. The summed E-state index contributed by atoms with van der Waals surface area (Å²) < 4.78 is 56.9. The topological polar surface area (TPSA) is 69.3 Å². The number of pyridine rings is 1. The minimum Gasteiger partial charge on any atom is -0.352 e. The van der Waals surface area contributed by atoms with Crippen molar-refractivity contribution in [2.24, 2.45) is 0 Å². The number of hydrazine groups is 2. The summed E-state index contributed by atoms with van der Waals surface area (Å²) in [5.74, 6) is -4.12. The highest BCUT2D eigenvalue weighted by Gasteiger charge is 2.25. The van der Waals surface area contributed by atoms with E-state index in [2.05, 4.69) is 21.3 Å². The largest absolute Gasteiger partial charge is 0.352 e. The van der Waals surface area contributed by atoms with Crippen LogP contribution in [0.3, 0.4) is 0 Å². The Bertz CT molecular complexity index is 1200. The van der Waals surface area contributed by atoms with E-state index in [0.717, 1.165) is 24.3 Å². The average Bonchev–Trinajstić information content (AvgIpc) is 3.15. The molecule has 0 radical (unpaired) electrons. The Morgan fingerprint density at radius 2 is 1.75 bits per heavy atom. The molecular weight excluding hydrogens is 450 g/mol. The van der Waals surface area contributed by atoms with Crippen molar-refractivity contribution < 1.29 is 22.4 Å². The summed E-state index contributed by atoms with van der Waals surface area (Å²) in [4.78, 5) is 16.3. The fourth-order valence-electron chi connectivity index (χ4n) is 3.27. The summed E-state index contributed by atoms with van der Waals surface area (Å²) in [7, 11) is 0. The van der Waals surface area contributed by atoms with Crippen molar-refractivity contribution in [1.29, 1.82) is 0 Å². The Balaban J connectivity index is 1.68. The number of carbonyl (C=O) groups excluding carboxylic acids is 1. The predicted octanol–water partition coefficient (Wildman–Crippen LogP) is 4.56. The van der Waals surface area contributed by atoms with Gasteiger partial charge in [0.15, 0.2) is 5.82 Å².